The maximum Gasteiger partial charge on any atom is 0.406 e. The summed E-state index contributed by atoms with van der Waals surface area (Å²) in [5, 5.41) is 11.5. The van der Waals surface area contributed by atoms with Crippen LogP contribution < -0.4 is 5.32 Å². The maximum absolute atomic E-state index is 12.2. The Hall–Kier alpha value is -1.31. The van der Waals surface area contributed by atoms with Gasteiger partial charge in [-0.1, -0.05) is 0 Å². The molecular weight excluding hydrogens is 253 g/mol. The van der Waals surface area contributed by atoms with Gasteiger partial charge in [0, 0.05) is 6.42 Å². The van der Waals surface area contributed by atoms with E-state index in [1.165, 1.54) is 0 Å². The summed E-state index contributed by atoms with van der Waals surface area (Å²) in [5.74, 6) is -2.22. The topological polar surface area (TPSA) is 69.6 Å². The summed E-state index contributed by atoms with van der Waals surface area (Å²) < 4.78 is 36.7. The molecule has 0 spiro atoms. The zero-order valence-corrected chi connectivity index (χ0v) is 9.66. The molecule has 104 valence electrons. The molecule has 0 aliphatic carbocycles. The predicted molar refractivity (Wildman–Crippen MR) is 55.9 cm³/mol. The van der Waals surface area contributed by atoms with Crippen LogP contribution >= 0.6 is 0 Å². The molecule has 0 saturated carbocycles. The molecule has 5 nitrogen and oxygen atoms in total. The van der Waals surface area contributed by atoms with Crippen LogP contribution in [0.1, 0.15) is 12.8 Å². The average molecular weight is 268 g/mol. The highest BCUT2D eigenvalue weighted by atomic mass is 19.4. The van der Waals surface area contributed by atoms with Crippen molar-refractivity contribution in [1.82, 2.24) is 10.2 Å². The highest BCUT2D eigenvalue weighted by molar-refractivity contribution is 5.81. The van der Waals surface area contributed by atoms with Crippen molar-refractivity contribution < 1.29 is 27.9 Å². The minimum absolute atomic E-state index is 0.0120. The molecule has 0 bridgehead atoms. The van der Waals surface area contributed by atoms with E-state index in [1.807, 2.05) is 0 Å². The molecule has 1 heterocycles. The van der Waals surface area contributed by atoms with Crippen molar-refractivity contribution in [3.8, 4) is 0 Å². The third-order valence-electron chi connectivity index (χ3n) is 2.67. The van der Waals surface area contributed by atoms with Crippen molar-refractivity contribution >= 4 is 11.9 Å². The Morgan fingerprint density at radius 1 is 1.39 bits per heavy atom. The number of nitrogens with zero attached hydrogens (tertiary/aromatic N) is 1. The van der Waals surface area contributed by atoms with Crippen LogP contribution in [0.15, 0.2) is 0 Å². The molecule has 1 aliphatic heterocycles. The van der Waals surface area contributed by atoms with Gasteiger partial charge in [-0.15, -0.1) is 0 Å². The fourth-order valence-electron chi connectivity index (χ4n) is 1.88. The zero-order valence-electron chi connectivity index (χ0n) is 9.66. The highest BCUT2D eigenvalue weighted by Crippen LogP contribution is 2.19. The van der Waals surface area contributed by atoms with Gasteiger partial charge >= 0.3 is 12.1 Å². The maximum atomic E-state index is 12.2. The molecule has 1 unspecified atom stereocenters. The Labute approximate surface area is 102 Å². The van der Waals surface area contributed by atoms with Crippen molar-refractivity contribution in [1.29, 1.82) is 0 Å². The predicted octanol–water partition coefficient (Wildman–Crippen LogP) is 0.462. The van der Waals surface area contributed by atoms with E-state index in [0.29, 0.717) is 11.4 Å². The molecule has 0 radical (unpaired) electrons. The Balaban J connectivity index is 2.56. The van der Waals surface area contributed by atoms with E-state index in [4.69, 9.17) is 5.11 Å². The van der Waals surface area contributed by atoms with Gasteiger partial charge in [0.2, 0.25) is 5.91 Å². The first-order chi connectivity index (χ1) is 8.28. The molecule has 1 atom stereocenters. The smallest absolute Gasteiger partial charge is 0.406 e. The third-order valence-corrected chi connectivity index (χ3v) is 2.67. The number of carboxylic acids is 1. The number of alkyl halides is 3. The number of carboxylic acid groups (broad SMARTS) is 1. The molecule has 0 aromatic carbocycles. The van der Waals surface area contributed by atoms with Crippen LogP contribution in [-0.4, -0.2) is 54.2 Å². The Bertz CT molecular complexity index is 314. The SMILES string of the molecule is O=C(O)CN(CC(F)(F)F)C(=O)CC1CCNC1. The summed E-state index contributed by atoms with van der Waals surface area (Å²) in [5.41, 5.74) is 0. The van der Waals surface area contributed by atoms with Crippen molar-refractivity contribution in [2.75, 3.05) is 26.2 Å². The second kappa shape index (κ2) is 6.03. The lowest BCUT2D eigenvalue weighted by Crippen LogP contribution is -2.42. The van der Waals surface area contributed by atoms with Crippen LogP contribution in [0.5, 0.6) is 0 Å². The van der Waals surface area contributed by atoms with Gasteiger partial charge in [0.25, 0.3) is 0 Å². The standard InChI is InChI=1S/C10H15F3N2O3/c11-10(12,13)6-15(5-9(17)18)8(16)3-7-1-2-14-4-7/h7,14H,1-6H2,(H,17,18). The van der Waals surface area contributed by atoms with Crippen LogP contribution in [0.2, 0.25) is 0 Å². The number of halogens is 3. The van der Waals surface area contributed by atoms with E-state index in [2.05, 4.69) is 5.32 Å². The Morgan fingerprint density at radius 3 is 2.50 bits per heavy atom. The molecule has 18 heavy (non-hydrogen) atoms. The molecule has 1 amide bonds. The summed E-state index contributed by atoms with van der Waals surface area (Å²) in [6.45, 7) is -1.12. The monoisotopic (exact) mass is 268 g/mol. The minimum atomic E-state index is -4.58. The van der Waals surface area contributed by atoms with Crippen molar-refractivity contribution in [2.24, 2.45) is 5.92 Å². The number of rotatable bonds is 5. The summed E-state index contributed by atoms with van der Waals surface area (Å²) in [6, 6.07) is 0. The van der Waals surface area contributed by atoms with Gasteiger partial charge in [-0.05, 0) is 25.4 Å². The normalized spacial score (nSPS) is 19.8. The highest BCUT2D eigenvalue weighted by Gasteiger charge is 2.34. The fourth-order valence-corrected chi connectivity index (χ4v) is 1.88. The minimum Gasteiger partial charge on any atom is -0.480 e. The number of hydrogen-bond acceptors (Lipinski definition) is 3. The van der Waals surface area contributed by atoms with Crippen molar-refractivity contribution in [3.05, 3.63) is 0 Å². The average Bonchev–Trinajstić information content (AvgIpc) is 2.66. The lowest BCUT2D eigenvalue weighted by Gasteiger charge is -2.23. The second-order valence-corrected chi connectivity index (χ2v) is 4.32. The molecule has 1 aliphatic rings. The molecular formula is C10H15F3N2O3. The lowest BCUT2D eigenvalue weighted by molar-refractivity contribution is -0.166. The number of hydrogen-bond donors (Lipinski definition) is 2. The summed E-state index contributed by atoms with van der Waals surface area (Å²) in [6.07, 6.45) is -3.91. The van der Waals surface area contributed by atoms with Gasteiger partial charge in [0.1, 0.15) is 13.1 Å². The van der Waals surface area contributed by atoms with Crippen LogP contribution in [0, 0.1) is 5.92 Å². The summed E-state index contributed by atoms with van der Waals surface area (Å²) >= 11 is 0. The Kier molecular flexibility index (Phi) is 4.94. The molecule has 8 heteroatoms. The van der Waals surface area contributed by atoms with E-state index in [-0.39, 0.29) is 12.3 Å². The zero-order chi connectivity index (χ0) is 13.8. The van der Waals surface area contributed by atoms with Gasteiger partial charge in [0.05, 0.1) is 0 Å². The van der Waals surface area contributed by atoms with Crippen molar-refractivity contribution in [3.63, 3.8) is 0 Å². The van der Waals surface area contributed by atoms with Crippen LogP contribution in [0.4, 0.5) is 13.2 Å². The number of carbonyl (C=O) groups is 2. The number of carbonyl (C=O) groups excluding carboxylic acids is 1. The molecule has 0 aromatic rings. The first kappa shape index (κ1) is 14.7. The number of aliphatic carboxylic acids is 1. The summed E-state index contributed by atoms with van der Waals surface area (Å²) in [4.78, 5) is 22.5. The third kappa shape index (κ3) is 5.35. The fraction of sp³-hybridized carbons (Fsp3) is 0.800. The van der Waals surface area contributed by atoms with E-state index in [9.17, 15) is 22.8 Å². The van der Waals surface area contributed by atoms with Gasteiger partial charge in [0.15, 0.2) is 0 Å². The van der Waals surface area contributed by atoms with Crippen LogP contribution in [0.3, 0.4) is 0 Å². The number of nitrogens with one attached hydrogen (secondary N) is 1. The number of amides is 1. The molecule has 2 N–H and O–H groups in total. The van der Waals surface area contributed by atoms with Gasteiger partial charge in [-0.25, -0.2) is 0 Å². The lowest BCUT2D eigenvalue weighted by atomic mass is 10.0. The molecule has 1 fully saturated rings. The quantitative estimate of drug-likeness (QED) is 0.760. The first-order valence-electron chi connectivity index (χ1n) is 5.55. The van der Waals surface area contributed by atoms with E-state index in [1.54, 1.807) is 0 Å². The first-order valence-corrected chi connectivity index (χ1v) is 5.55. The van der Waals surface area contributed by atoms with Crippen molar-refractivity contribution in [2.45, 2.75) is 19.0 Å². The van der Waals surface area contributed by atoms with E-state index >= 15 is 0 Å². The summed E-state index contributed by atoms with van der Waals surface area (Å²) in [7, 11) is 0. The second-order valence-electron chi connectivity index (χ2n) is 4.32. The van der Waals surface area contributed by atoms with Gasteiger partial charge in [-0.2, -0.15) is 13.2 Å². The van der Waals surface area contributed by atoms with E-state index < -0.39 is 31.1 Å². The van der Waals surface area contributed by atoms with Gasteiger partial charge < -0.3 is 15.3 Å². The Morgan fingerprint density at radius 2 is 2.06 bits per heavy atom. The molecule has 1 saturated heterocycles. The molecule has 1 rings (SSSR count). The molecule has 0 aromatic heterocycles. The van der Waals surface area contributed by atoms with Crippen LogP contribution in [0.25, 0.3) is 0 Å². The van der Waals surface area contributed by atoms with E-state index in [0.717, 1.165) is 13.0 Å². The van der Waals surface area contributed by atoms with Gasteiger partial charge in [-0.3, -0.25) is 9.59 Å². The largest absolute Gasteiger partial charge is 0.480 e. The van der Waals surface area contributed by atoms with Crippen LogP contribution in [-0.2, 0) is 9.59 Å².